The van der Waals surface area contributed by atoms with Gasteiger partial charge in [0.25, 0.3) is 5.91 Å². The topological polar surface area (TPSA) is 42.0 Å². The Labute approximate surface area is 197 Å². The number of thiazole rings is 1. The van der Waals surface area contributed by atoms with Gasteiger partial charge in [0.15, 0.2) is 5.13 Å². The van der Waals surface area contributed by atoms with E-state index in [9.17, 15) is 4.79 Å². The van der Waals surface area contributed by atoms with Crippen LogP contribution in [0.2, 0.25) is 0 Å². The molecule has 160 valence electrons. The molecule has 0 aliphatic heterocycles. The number of benzene rings is 4. The second-order valence-electron chi connectivity index (χ2n) is 7.83. The van der Waals surface area contributed by atoms with E-state index in [0.717, 1.165) is 32.8 Å². The highest BCUT2D eigenvalue weighted by atomic mass is 32.1. The minimum Gasteiger partial charge on any atom is -0.298 e. The molecule has 0 spiro atoms. The lowest BCUT2D eigenvalue weighted by atomic mass is 10.0. The predicted molar refractivity (Wildman–Crippen MR) is 138 cm³/mol. The Morgan fingerprint density at radius 3 is 1.85 bits per heavy atom. The van der Waals surface area contributed by atoms with Crippen molar-refractivity contribution in [2.24, 2.45) is 0 Å². The number of nitrogens with zero attached hydrogens (tertiary/aromatic N) is 1. The monoisotopic (exact) mass is 446 g/mol. The zero-order chi connectivity index (χ0) is 22.6. The first-order valence-corrected chi connectivity index (χ1v) is 11.6. The Morgan fingerprint density at radius 1 is 0.667 bits per heavy atom. The van der Waals surface area contributed by atoms with Crippen molar-refractivity contribution in [1.82, 2.24) is 4.98 Å². The van der Waals surface area contributed by atoms with Gasteiger partial charge in [-0.1, -0.05) is 114 Å². The van der Waals surface area contributed by atoms with Crippen LogP contribution in [0, 0.1) is 6.92 Å². The molecule has 0 aliphatic carbocycles. The summed E-state index contributed by atoms with van der Waals surface area (Å²) in [5.41, 5.74) is 7.04. The molecule has 4 aromatic carbocycles. The maximum atomic E-state index is 12.8. The number of rotatable bonds is 5. The van der Waals surface area contributed by atoms with Crippen LogP contribution in [0.3, 0.4) is 0 Å². The van der Waals surface area contributed by atoms with E-state index in [1.807, 2.05) is 79.7 Å². The van der Waals surface area contributed by atoms with E-state index in [1.54, 1.807) is 0 Å². The fourth-order valence-corrected chi connectivity index (χ4v) is 4.67. The van der Waals surface area contributed by atoms with Crippen LogP contribution in [0.1, 0.15) is 15.9 Å². The maximum absolute atomic E-state index is 12.8. The molecule has 1 heterocycles. The van der Waals surface area contributed by atoms with Gasteiger partial charge in [0.1, 0.15) is 0 Å². The number of aryl methyl sites for hydroxylation is 1. The van der Waals surface area contributed by atoms with Crippen LogP contribution in [-0.2, 0) is 0 Å². The number of hydrogen-bond acceptors (Lipinski definition) is 3. The molecule has 1 aromatic heterocycles. The average Bonchev–Trinajstić information content (AvgIpc) is 3.29. The molecule has 0 radical (unpaired) electrons. The highest BCUT2D eigenvalue weighted by Gasteiger charge is 2.17. The van der Waals surface area contributed by atoms with Gasteiger partial charge in [0, 0.05) is 11.1 Å². The summed E-state index contributed by atoms with van der Waals surface area (Å²) in [6, 6.07) is 36.4. The second kappa shape index (κ2) is 9.23. The van der Waals surface area contributed by atoms with E-state index in [-0.39, 0.29) is 5.91 Å². The van der Waals surface area contributed by atoms with Gasteiger partial charge in [0.05, 0.1) is 10.6 Å². The van der Waals surface area contributed by atoms with Crippen LogP contribution in [0.4, 0.5) is 5.13 Å². The quantitative estimate of drug-likeness (QED) is 0.300. The summed E-state index contributed by atoms with van der Waals surface area (Å²) in [6.07, 6.45) is 0. The normalized spacial score (nSPS) is 10.7. The van der Waals surface area contributed by atoms with E-state index in [2.05, 4.69) is 41.7 Å². The van der Waals surface area contributed by atoms with Gasteiger partial charge in [-0.25, -0.2) is 4.98 Å². The Bertz CT molecular complexity index is 1370. The number of nitrogens with one attached hydrogen (secondary N) is 1. The molecule has 0 fully saturated rings. The highest BCUT2D eigenvalue weighted by Crippen LogP contribution is 2.39. The lowest BCUT2D eigenvalue weighted by molar-refractivity contribution is 0.102. The lowest BCUT2D eigenvalue weighted by Gasteiger charge is -2.05. The Morgan fingerprint density at radius 2 is 1.21 bits per heavy atom. The second-order valence-corrected chi connectivity index (χ2v) is 8.83. The number of aromatic nitrogens is 1. The molecule has 4 heteroatoms. The summed E-state index contributed by atoms with van der Waals surface area (Å²) in [5, 5.41) is 3.57. The number of carbonyl (C=O) groups is 1. The van der Waals surface area contributed by atoms with Gasteiger partial charge in [-0.3, -0.25) is 10.1 Å². The Hall–Kier alpha value is -4.02. The number of carbonyl (C=O) groups excluding carboxylic acids is 1. The summed E-state index contributed by atoms with van der Waals surface area (Å²) in [6.45, 7) is 2.00. The van der Waals surface area contributed by atoms with Crippen LogP contribution in [0.25, 0.3) is 32.8 Å². The van der Waals surface area contributed by atoms with Crippen molar-refractivity contribution >= 4 is 22.4 Å². The molecule has 1 amide bonds. The fourth-order valence-electron chi connectivity index (χ4n) is 3.68. The van der Waals surface area contributed by atoms with Gasteiger partial charge in [-0.15, -0.1) is 0 Å². The van der Waals surface area contributed by atoms with Gasteiger partial charge in [0.2, 0.25) is 0 Å². The smallest absolute Gasteiger partial charge is 0.257 e. The van der Waals surface area contributed by atoms with Gasteiger partial charge in [-0.2, -0.15) is 0 Å². The molecule has 1 N–H and O–H groups in total. The van der Waals surface area contributed by atoms with Crippen molar-refractivity contribution in [2.45, 2.75) is 6.92 Å². The predicted octanol–water partition coefficient (Wildman–Crippen LogP) is 7.70. The Balaban J connectivity index is 1.50. The third-order valence-corrected chi connectivity index (χ3v) is 6.48. The summed E-state index contributed by atoms with van der Waals surface area (Å²) in [7, 11) is 0. The molecule has 0 bridgehead atoms. The molecule has 3 nitrogen and oxygen atoms in total. The van der Waals surface area contributed by atoms with E-state index in [1.165, 1.54) is 16.9 Å². The fraction of sp³-hybridized carbons (Fsp3) is 0.0345. The lowest BCUT2D eigenvalue weighted by Crippen LogP contribution is -2.11. The van der Waals surface area contributed by atoms with E-state index in [0.29, 0.717) is 10.7 Å². The zero-order valence-corrected chi connectivity index (χ0v) is 19.0. The first-order valence-electron chi connectivity index (χ1n) is 10.8. The number of anilines is 1. The third kappa shape index (κ3) is 4.61. The summed E-state index contributed by atoms with van der Waals surface area (Å²) >= 11 is 1.49. The van der Waals surface area contributed by atoms with Crippen molar-refractivity contribution in [3.05, 3.63) is 120 Å². The molecule has 5 aromatic rings. The van der Waals surface area contributed by atoms with Crippen LogP contribution in [0.15, 0.2) is 109 Å². The molecule has 5 rings (SSSR count). The van der Waals surface area contributed by atoms with Crippen LogP contribution >= 0.6 is 11.3 Å². The summed E-state index contributed by atoms with van der Waals surface area (Å²) < 4.78 is 0. The maximum Gasteiger partial charge on any atom is 0.257 e. The summed E-state index contributed by atoms with van der Waals surface area (Å²) in [4.78, 5) is 18.6. The minimum absolute atomic E-state index is 0.158. The van der Waals surface area contributed by atoms with E-state index >= 15 is 0 Å². The van der Waals surface area contributed by atoms with Crippen molar-refractivity contribution in [1.29, 1.82) is 0 Å². The summed E-state index contributed by atoms with van der Waals surface area (Å²) in [5.74, 6) is -0.158. The number of hydrogen-bond donors (Lipinski definition) is 1. The molecular formula is C29H22N2OS. The van der Waals surface area contributed by atoms with E-state index in [4.69, 9.17) is 4.98 Å². The van der Waals surface area contributed by atoms with Crippen molar-refractivity contribution in [3.8, 4) is 32.8 Å². The van der Waals surface area contributed by atoms with Crippen LogP contribution < -0.4 is 5.32 Å². The molecule has 0 unspecified atom stereocenters. The van der Waals surface area contributed by atoms with Gasteiger partial charge >= 0.3 is 0 Å². The number of amides is 1. The van der Waals surface area contributed by atoms with Crippen LogP contribution in [0.5, 0.6) is 0 Å². The highest BCUT2D eigenvalue weighted by molar-refractivity contribution is 7.19. The first-order chi connectivity index (χ1) is 16.2. The van der Waals surface area contributed by atoms with Crippen LogP contribution in [-0.4, -0.2) is 10.9 Å². The third-order valence-electron chi connectivity index (χ3n) is 5.46. The molecule has 0 atom stereocenters. The average molecular weight is 447 g/mol. The van der Waals surface area contributed by atoms with Crippen molar-refractivity contribution in [2.75, 3.05) is 5.32 Å². The molecule has 33 heavy (non-hydrogen) atoms. The first kappa shape index (κ1) is 20.9. The molecule has 0 saturated heterocycles. The standard InChI is InChI=1S/C29H22N2OS/c1-20-12-14-25(15-13-20)28(32)31-29-30-26(23-10-6-3-7-11-23)27(33-29)24-18-16-22(17-19-24)21-8-4-2-5-9-21/h2-19H,1H3,(H,30,31,32). The molecule has 0 saturated carbocycles. The van der Waals surface area contributed by atoms with Gasteiger partial charge < -0.3 is 0 Å². The van der Waals surface area contributed by atoms with Crippen molar-refractivity contribution in [3.63, 3.8) is 0 Å². The SMILES string of the molecule is Cc1ccc(C(=O)Nc2nc(-c3ccccc3)c(-c3ccc(-c4ccccc4)cc3)s2)cc1. The molecular weight excluding hydrogens is 424 g/mol. The largest absolute Gasteiger partial charge is 0.298 e. The Kier molecular flexibility index (Phi) is 5.83. The van der Waals surface area contributed by atoms with Crippen molar-refractivity contribution < 1.29 is 4.79 Å². The molecule has 0 aliphatic rings. The minimum atomic E-state index is -0.158. The van der Waals surface area contributed by atoms with E-state index < -0.39 is 0 Å². The van der Waals surface area contributed by atoms with Gasteiger partial charge in [-0.05, 0) is 35.7 Å². The zero-order valence-electron chi connectivity index (χ0n) is 18.2.